The summed E-state index contributed by atoms with van der Waals surface area (Å²) in [4.78, 5) is 24.6. The molecule has 1 aliphatic heterocycles. The van der Waals surface area contributed by atoms with Crippen molar-refractivity contribution in [1.29, 1.82) is 0 Å². The monoisotopic (exact) mass is 238 g/mol. The second-order valence-electron chi connectivity index (χ2n) is 3.68. The first-order chi connectivity index (χ1) is 8.17. The zero-order valence-corrected chi connectivity index (χ0v) is 10.2. The predicted octanol–water partition coefficient (Wildman–Crippen LogP) is 0.362. The molecule has 2 amide bonds. The Bertz CT molecular complexity index is 318. The summed E-state index contributed by atoms with van der Waals surface area (Å²) in [6.07, 6.45) is 2.73. The largest absolute Gasteiger partial charge is 0.353 e. The van der Waals surface area contributed by atoms with Gasteiger partial charge in [0.15, 0.2) is 6.04 Å². The van der Waals surface area contributed by atoms with E-state index in [1.165, 1.54) is 12.2 Å². The van der Waals surface area contributed by atoms with Crippen molar-refractivity contribution in [3.63, 3.8) is 0 Å². The molecule has 1 unspecified atom stereocenters. The molecule has 1 rings (SSSR count). The fourth-order valence-electron chi connectivity index (χ4n) is 1.49. The van der Waals surface area contributed by atoms with Gasteiger partial charge in [0, 0.05) is 19.2 Å². The summed E-state index contributed by atoms with van der Waals surface area (Å²) >= 11 is 0. The van der Waals surface area contributed by atoms with E-state index >= 15 is 0 Å². The minimum atomic E-state index is -0.663. The number of hydrogen-bond acceptors (Lipinski definition) is 4. The van der Waals surface area contributed by atoms with Gasteiger partial charge in [-0.3, -0.25) is 9.59 Å². The average molecular weight is 238 g/mol. The molecule has 6 heteroatoms. The van der Waals surface area contributed by atoms with Crippen LogP contribution >= 0.6 is 0 Å². The first kappa shape index (κ1) is 13.5. The fraction of sp³-hybridized carbons (Fsp3) is 0.636. The zero-order chi connectivity index (χ0) is 12.7. The Kier molecular flexibility index (Phi) is 5.48. The molecule has 0 bridgehead atoms. The Morgan fingerprint density at radius 3 is 2.71 bits per heavy atom. The maximum absolute atomic E-state index is 11.6. The number of amides is 2. The smallest absolute Gasteiger partial charge is 0.287 e. The molecule has 0 aromatic heterocycles. The van der Waals surface area contributed by atoms with E-state index in [4.69, 9.17) is 0 Å². The molecule has 0 radical (unpaired) electrons. The first-order valence-electron chi connectivity index (χ1n) is 5.80. The van der Waals surface area contributed by atoms with Gasteiger partial charge in [-0.15, -0.1) is 5.11 Å². The molecule has 1 heterocycles. The summed E-state index contributed by atoms with van der Waals surface area (Å²) in [6.45, 7) is 7.47. The van der Waals surface area contributed by atoms with E-state index in [0.29, 0.717) is 6.54 Å². The molecule has 0 spiro atoms. The van der Waals surface area contributed by atoms with Crippen molar-refractivity contribution in [2.75, 3.05) is 26.2 Å². The lowest BCUT2D eigenvalue weighted by molar-refractivity contribution is -0.121. The second-order valence-corrected chi connectivity index (χ2v) is 3.68. The van der Waals surface area contributed by atoms with Crippen molar-refractivity contribution in [2.24, 2.45) is 10.2 Å². The number of carbonyl (C=O) groups is 2. The van der Waals surface area contributed by atoms with Crippen LogP contribution in [0.3, 0.4) is 0 Å². The standard InChI is InChI=1S/C11H18N4O2/c1-3-15(4-2)8-7-12-11(17)9-5-6-10(16)14-13-9/h5-6,9H,3-4,7-8H2,1-2H3,(H,12,17). The minimum absolute atomic E-state index is 0.218. The molecule has 17 heavy (non-hydrogen) atoms. The quantitative estimate of drug-likeness (QED) is 0.726. The van der Waals surface area contributed by atoms with Crippen LogP contribution in [0.1, 0.15) is 13.8 Å². The van der Waals surface area contributed by atoms with Gasteiger partial charge in [0.05, 0.1) is 0 Å². The average Bonchev–Trinajstić information content (AvgIpc) is 2.35. The molecule has 1 N–H and O–H groups in total. The number of azo groups is 1. The molecule has 0 saturated heterocycles. The van der Waals surface area contributed by atoms with Crippen LogP contribution < -0.4 is 5.32 Å². The Hall–Kier alpha value is -1.56. The number of carbonyl (C=O) groups excluding carboxylic acids is 2. The molecule has 1 atom stereocenters. The van der Waals surface area contributed by atoms with E-state index in [1.54, 1.807) is 0 Å². The topological polar surface area (TPSA) is 74.1 Å². The minimum Gasteiger partial charge on any atom is -0.353 e. The van der Waals surface area contributed by atoms with Crippen LogP contribution in [-0.4, -0.2) is 48.9 Å². The van der Waals surface area contributed by atoms with Crippen molar-refractivity contribution in [1.82, 2.24) is 10.2 Å². The highest BCUT2D eigenvalue weighted by atomic mass is 16.2. The lowest BCUT2D eigenvalue weighted by atomic mass is 10.2. The van der Waals surface area contributed by atoms with Crippen LogP contribution in [-0.2, 0) is 9.59 Å². The van der Waals surface area contributed by atoms with Gasteiger partial charge in [-0.1, -0.05) is 13.8 Å². The van der Waals surface area contributed by atoms with Crippen molar-refractivity contribution in [3.8, 4) is 0 Å². The molecular weight excluding hydrogens is 220 g/mol. The summed E-state index contributed by atoms with van der Waals surface area (Å²) in [5, 5.41) is 9.72. The summed E-state index contributed by atoms with van der Waals surface area (Å²) in [7, 11) is 0. The van der Waals surface area contributed by atoms with Crippen molar-refractivity contribution in [3.05, 3.63) is 12.2 Å². The second kappa shape index (κ2) is 6.90. The highest BCUT2D eigenvalue weighted by molar-refractivity contribution is 5.92. The fourth-order valence-corrected chi connectivity index (χ4v) is 1.49. The number of likely N-dealkylation sites (N-methyl/N-ethyl adjacent to an activating group) is 1. The lowest BCUT2D eigenvalue weighted by Crippen LogP contribution is -2.39. The SMILES string of the molecule is CCN(CC)CCNC(=O)C1C=CC(=O)N=N1. The van der Waals surface area contributed by atoms with Crippen LogP contribution in [0.25, 0.3) is 0 Å². The maximum atomic E-state index is 11.6. The van der Waals surface area contributed by atoms with E-state index in [-0.39, 0.29) is 5.91 Å². The predicted molar refractivity (Wildman–Crippen MR) is 63.6 cm³/mol. The van der Waals surface area contributed by atoms with Gasteiger partial charge in [0.1, 0.15) is 0 Å². The molecule has 6 nitrogen and oxygen atoms in total. The zero-order valence-electron chi connectivity index (χ0n) is 10.2. The Labute approximate surface area is 101 Å². The van der Waals surface area contributed by atoms with Crippen LogP contribution in [0.2, 0.25) is 0 Å². The normalized spacial score (nSPS) is 18.8. The third kappa shape index (κ3) is 4.44. The number of nitrogens with zero attached hydrogens (tertiary/aromatic N) is 3. The Morgan fingerprint density at radius 2 is 2.18 bits per heavy atom. The highest BCUT2D eigenvalue weighted by Gasteiger charge is 2.17. The number of hydrogen-bond donors (Lipinski definition) is 1. The van der Waals surface area contributed by atoms with Crippen LogP contribution in [0.15, 0.2) is 22.4 Å². The van der Waals surface area contributed by atoms with E-state index in [1.807, 2.05) is 0 Å². The first-order valence-corrected chi connectivity index (χ1v) is 5.80. The van der Waals surface area contributed by atoms with Gasteiger partial charge >= 0.3 is 0 Å². The Morgan fingerprint density at radius 1 is 1.47 bits per heavy atom. The van der Waals surface area contributed by atoms with E-state index in [2.05, 4.69) is 34.3 Å². The van der Waals surface area contributed by atoms with Crippen molar-refractivity contribution >= 4 is 11.8 Å². The Balaban J connectivity index is 2.28. The van der Waals surface area contributed by atoms with Crippen molar-refractivity contribution in [2.45, 2.75) is 19.9 Å². The van der Waals surface area contributed by atoms with E-state index < -0.39 is 11.9 Å². The number of rotatable bonds is 6. The molecule has 0 fully saturated rings. The lowest BCUT2D eigenvalue weighted by Gasteiger charge is -2.18. The molecule has 0 aliphatic carbocycles. The van der Waals surface area contributed by atoms with Crippen LogP contribution in [0.4, 0.5) is 0 Å². The van der Waals surface area contributed by atoms with E-state index in [0.717, 1.165) is 19.6 Å². The highest BCUT2D eigenvalue weighted by Crippen LogP contribution is 2.02. The number of nitrogens with one attached hydrogen (secondary N) is 1. The third-order valence-corrected chi connectivity index (χ3v) is 2.59. The molecule has 94 valence electrons. The molecule has 0 aromatic rings. The molecule has 0 saturated carbocycles. The summed E-state index contributed by atoms with van der Waals surface area (Å²) in [5.41, 5.74) is 0. The van der Waals surface area contributed by atoms with Gasteiger partial charge < -0.3 is 10.2 Å². The third-order valence-electron chi connectivity index (χ3n) is 2.59. The molecular formula is C11H18N4O2. The van der Waals surface area contributed by atoms with Gasteiger partial charge in [-0.05, 0) is 19.2 Å². The van der Waals surface area contributed by atoms with Gasteiger partial charge in [0.2, 0.25) is 0 Å². The maximum Gasteiger partial charge on any atom is 0.287 e. The van der Waals surface area contributed by atoms with Crippen molar-refractivity contribution < 1.29 is 9.59 Å². The summed E-state index contributed by atoms with van der Waals surface area (Å²) < 4.78 is 0. The van der Waals surface area contributed by atoms with Crippen LogP contribution in [0.5, 0.6) is 0 Å². The van der Waals surface area contributed by atoms with Gasteiger partial charge in [-0.25, -0.2) is 0 Å². The van der Waals surface area contributed by atoms with E-state index in [9.17, 15) is 9.59 Å². The molecule has 1 aliphatic rings. The summed E-state index contributed by atoms with van der Waals surface area (Å²) in [6, 6.07) is -0.663. The van der Waals surface area contributed by atoms with Gasteiger partial charge in [-0.2, -0.15) is 5.11 Å². The van der Waals surface area contributed by atoms with Gasteiger partial charge in [0.25, 0.3) is 11.8 Å². The molecule has 0 aromatic carbocycles. The van der Waals surface area contributed by atoms with Crippen LogP contribution in [0, 0.1) is 0 Å². The summed E-state index contributed by atoms with van der Waals surface area (Å²) in [5.74, 6) is -0.637.